The summed E-state index contributed by atoms with van der Waals surface area (Å²) in [4.78, 5) is 0. The number of alkyl halides is 2. The van der Waals surface area contributed by atoms with Crippen LogP contribution in [0.15, 0.2) is 0 Å². The lowest BCUT2D eigenvalue weighted by Gasteiger charge is -2.63. The number of hydrogen-bond donors (Lipinski definition) is 0. The first kappa shape index (κ1) is 11.5. The van der Waals surface area contributed by atoms with E-state index in [-0.39, 0.29) is 0 Å². The fourth-order valence-electron chi connectivity index (χ4n) is 4.56. The van der Waals surface area contributed by atoms with Crippen LogP contribution in [0, 0.1) is 23.2 Å². The lowest BCUT2D eigenvalue weighted by atomic mass is 9.48. The second kappa shape index (κ2) is 3.48. The standard InChI is InChI=1S/C13H20I2/c1-3-12(5-4-10(12)8(2)14)13(15)7-9-6-11(9)13/h8-11H,3-7H2,1-2H3/t8-,9-,10-,11+,12?,13-/m0/s1. The molecule has 0 aromatic carbocycles. The summed E-state index contributed by atoms with van der Waals surface area (Å²) in [6.45, 7) is 4.87. The fourth-order valence-corrected chi connectivity index (χ4v) is 7.98. The van der Waals surface area contributed by atoms with Gasteiger partial charge in [0.05, 0.1) is 0 Å². The maximum absolute atomic E-state index is 2.87. The lowest BCUT2D eigenvalue weighted by Crippen LogP contribution is -2.60. The molecule has 0 heterocycles. The molecule has 0 aromatic rings. The molecule has 0 saturated heterocycles. The Bertz CT molecular complexity index is 284. The molecule has 0 radical (unpaired) electrons. The van der Waals surface area contributed by atoms with Gasteiger partial charge in [-0.2, -0.15) is 0 Å². The first-order valence-corrected chi connectivity index (χ1v) is 8.70. The van der Waals surface area contributed by atoms with E-state index in [4.69, 9.17) is 0 Å². The smallest absolute Gasteiger partial charge is 0.0315 e. The highest BCUT2D eigenvalue weighted by molar-refractivity contribution is 14.1. The minimum Gasteiger partial charge on any atom is -0.0826 e. The van der Waals surface area contributed by atoms with Gasteiger partial charge in [0.2, 0.25) is 0 Å². The van der Waals surface area contributed by atoms with Crippen molar-refractivity contribution in [3.8, 4) is 0 Å². The van der Waals surface area contributed by atoms with Crippen LogP contribution >= 0.6 is 45.2 Å². The molecule has 3 aliphatic rings. The quantitative estimate of drug-likeness (QED) is 0.445. The molecule has 0 nitrogen and oxygen atoms in total. The SMILES string of the molecule is CCC1([C@]2(I)C[C@@H]3C[C@H]32)CC[C@H]1[C@H](C)I. The van der Waals surface area contributed by atoms with Crippen LogP contribution < -0.4 is 0 Å². The summed E-state index contributed by atoms with van der Waals surface area (Å²) in [7, 11) is 0. The average Bonchev–Trinajstić information content (AvgIpc) is 2.77. The summed E-state index contributed by atoms with van der Waals surface area (Å²) in [5.74, 6) is 3.29. The zero-order valence-corrected chi connectivity index (χ0v) is 13.9. The Morgan fingerprint density at radius 2 is 2.20 bits per heavy atom. The molecular formula is C13H20I2. The first-order valence-electron chi connectivity index (χ1n) is 6.38. The van der Waals surface area contributed by atoms with Crippen LogP contribution in [0.2, 0.25) is 0 Å². The van der Waals surface area contributed by atoms with Crippen molar-refractivity contribution in [2.24, 2.45) is 23.2 Å². The van der Waals surface area contributed by atoms with Crippen LogP contribution in [0.25, 0.3) is 0 Å². The maximum Gasteiger partial charge on any atom is 0.0315 e. The molecule has 0 N–H and O–H groups in total. The maximum atomic E-state index is 2.87. The molecule has 0 spiro atoms. The topological polar surface area (TPSA) is 0 Å². The predicted octanol–water partition coefficient (Wildman–Crippen LogP) is 4.83. The molecule has 0 bridgehead atoms. The third kappa shape index (κ3) is 1.30. The van der Waals surface area contributed by atoms with E-state index in [1.54, 1.807) is 12.8 Å². The van der Waals surface area contributed by atoms with E-state index in [1.165, 1.54) is 19.3 Å². The summed E-state index contributed by atoms with van der Waals surface area (Å²) in [5, 5.41) is 0. The molecule has 2 heteroatoms. The monoisotopic (exact) mass is 430 g/mol. The number of rotatable bonds is 3. The predicted molar refractivity (Wildman–Crippen MR) is 81.9 cm³/mol. The zero-order valence-electron chi connectivity index (χ0n) is 9.60. The van der Waals surface area contributed by atoms with Crippen molar-refractivity contribution < 1.29 is 0 Å². The van der Waals surface area contributed by atoms with Crippen molar-refractivity contribution in [1.29, 1.82) is 0 Å². The number of hydrogen-bond acceptors (Lipinski definition) is 0. The van der Waals surface area contributed by atoms with Gasteiger partial charge in [-0.1, -0.05) is 59.0 Å². The normalized spacial score (nSPS) is 58.8. The minimum atomic E-state index is 0.715. The molecule has 3 rings (SSSR count). The Morgan fingerprint density at radius 3 is 2.47 bits per heavy atom. The van der Waals surface area contributed by atoms with Crippen molar-refractivity contribution in [3.63, 3.8) is 0 Å². The highest BCUT2D eigenvalue weighted by atomic mass is 127. The second-order valence-corrected chi connectivity index (χ2v) is 9.89. The molecule has 15 heavy (non-hydrogen) atoms. The summed E-state index contributed by atoms with van der Waals surface area (Å²) in [5.41, 5.74) is 0.728. The first-order chi connectivity index (χ1) is 7.05. The molecular weight excluding hydrogens is 410 g/mol. The number of halogens is 2. The van der Waals surface area contributed by atoms with Crippen LogP contribution in [0.5, 0.6) is 0 Å². The third-order valence-corrected chi connectivity index (χ3v) is 8.88. The van der Waals surface area contributed by atoms with E-state index in [0.29, 0.717) is 3.42 Å². The van der Waals surface area contributed by atoms with Gasteiger partial charge in [0.15, 0.2) is 0 Å². The van der Waals surface area contributed by atoms with Gasteiger partial charge in [-0.15, -0.1) is 0 Å². The average molecular weight is 430 g/mol. The van der Waals surface area contributed by atoms with Crippen LogP contribution in [-0.4, -0.2) is 7.35 Å². The van der Waals surface area contributed by atoms with E-state index < -0.39 is 0 Å². The molecule has 1 unspecified atom stereocenters. The van der Waals surface area contributed by atoms with E-state index in [1.807, 2.05) is 0 Å². The van der Waals surface area contributed by atoms with E-state index in [9.17, 15) is 0 Å². The minimum absolute atomic E-state index is 0.715. The van der Waals surface area contributed by atoms with Gasteiger partial charge in [0.1, 0.15) is 0 Å². The Balaban J connectivity index is 1.86. The summed E-state index contributed by atoms with van der Waals surface area (Å²) < 4.78 is 1.59. The highest BCUT2D eigenvalue weighted by Crippen LogP contribution is 2.78. The summed E-state index contributed by atoms with van der Waals surface area (Å²) in [6, 6.07) is 0. The summed E-state index contributed by atoms with van der Waals surface area (Å²) in [6.07, 6.45) is 7.56. The Labute approximate surface area is 121 Å². The Hall–Kier alpha value is 1.46. The molecule has 3 fully saturated rings. The van der Waals surface area contributed by atoms with Gasteiger partial charge in [-0.05, 0) is 55.3 Å². The molecule has 0 amide bonds. The second-order valence-electron chi connectivity index (χ2n) is 6.00. The van der Waals surface area contributed by atoms with E-state index >= 15 is 0 Å². The van der Waals surface area contributed by atoms with Gasteiger partial charge in [0.25, 0.3) is 0 Å². The van der Waals surface area contributed by atoms with Gasteiger partial charge < -0.3 is 0 Å². The van der Waals surface area contributed by atoms with Crippen LogP contribution in [-0.2, 0) is 0 Å². The lowest BCUT2D eigenvalue weighted by molar-refractivity contribution is -0.0403. The van der Waals surface area contributed by atoms with E-state index in [0.717, 1.165) is 27.1 Å². The van der Waals surface area contributed by atoms with Gasteiger partial charge in [-0.3, -0.25) is 0 Å². The largest absolute Gasteiger partial charge is 0.0826 e. The Kier molecular flexibility index (Phi) is 2.68. The number of fused-ring (bicyclic) bond motifs is 1. The molecule has 6 atom stereocenters. The van der Waals surface area contributed by atoms with Crippen LogP contribution in [0.3, 0.4) is 0 Å². The summed E-state index contributed by atoms with van der Waals surface area (Å²) >= 11 is 5.54. The van der Waals surface area contributed by atoms with Crippen molar-refractivity contribution >= 4 is 45.2 Å². The van der Waals surface area contributed by atoms with Gasteiger partial charge >= 0.3 is 0 Å². The zero-order chi connectivity index (χ0) is 10.8. The molecule has 0 aromatic heterocycles. The fraction of sp³-hybridized carbons (Fsp3) is 1.00. The molecule has 0 aliphatic heterocycles. The highest BCUT2D eigenvalue weighted by Gasteiger charge is 2.73. The van der Waals surface area contributed by atoms with Gasteiger partial charge in [0, 0.05) is 7.35 Å². The molecule has 86 valence electrons. The van der Waals surface area contributed by atoms with Crippen molar-refractivity contribution in [2.45, 2.75) is 53.3 Å². The van der Waals surface area contributed by atoms with Crippen molar-refractivity contribution in [2.75, 3.05) is 0 Å². The third-order valence-electron chi connectivity index (χ3n) is 5.69. The van der Waals surface area contributed by atoms with Gasteiger partial charge in [-0.25, -0.2) is 0 Å². The van der Waals surface area contributed by atoms with Crippen LogP contribution in [0.1, 0.15) is 46.0 Å². The van der Waals surface area contributed by atoms with Crippen molar-refractivity contribution in [3.05, 3.63) is 0 Å². The van der Waals surface area contributed by atoms with Crippen LogP contribution in [0.4, 0.5) is 0 Å². The Morgan fingerprint density at radius 1 is 1.47 bits per heavy atom. The molecule has 3 saturated carbocycles. The van der Waals surface area contributed by atoms with Crippen molar-refractivity contribution in [1.82, 2.24) is 0 Å². The molecule has 3 aliphatic carbocycles. The van der Waals surface area contributed by atoms with E-state index in [2.05, 4.69) is 59.0 Å².